The van der Waals surface area contributed by atoms with Gasteiger partial charge in [-0.1, -0.05) is 0 Å². The van der Waals surface area contributed by atoms with Gasteiger partial charge in [0, 0.05) is 33.2 Å². The van der Waals surface area contributed by atoms with Gasteiger partial charge in [-0.2, -0.15) is 4.98 Å². The summed E-state index contributed by atoms with van der Waals surface area (Å²) in [5.41, 5.74) is 2.56. The Morgan fingerprint density at radius 3 is 2.68 bits per heavy atom. The molecule has 0 spiro atoms. The lowest BCUT2D eigenvalue weighted by molar-refractivity contribution is 0.548. The van der Waals surface area contributed by atoms with Crippen LogP contribution in [0.25, 0.3) is 11.2 Å². The van der Waals surface area contributed by atoms with E-state index in [1.165, 1.54) is 11.0 Å². The summed E-state index contributed by atoms with van der Waals surface area (Å²) in [4.78, 5) is 33.1. The van der Waals surface area contributed by atoms with Gasteiger partial charge in [0.15, 0.2) is 11.2 Å². The highest BCUT2D eigenvalue weighted by Gasteiger charge is 2.22. The highest BCUT2D eigenvalue weighted by atomic mass is 16.2. The number of hydrogen-bond donors (Lipinski definition) is 3. The summed E-state index contributed by atoms with van der Waals surface area (Å²) in [5, 5.41) is 0. The van der Waals surface area contributed by atoms with Crippen LogP contribution in [0.3, 0.4) is 0 Å². The molecule has 120 valence electrons. The molecule has 9 heteroatoms. The molecule has 1 aliphatic heterocycles. The van der Waals surface area contributed by atoms with Crippen LogP contribution in [0.15, 0.2) is 9.59 Å². The molecule has 1 saturated heterocycles. The van der Waals surface area contributed by atoms with Crippen LogP contribution in [0, 0.1) is 0 Å². The number of piperidine rings is 1. The Kier molecular flexibility index (Phi) is 3.99. The number of hydrogen-bond acceptors (Lipinski definition) is 6. The molecule has 2 aromatic rings. The number of nitrogens with one attached hydrogen (secondary N) is 2. The lowest BCUT2D eigenvalue weighted by atomic mass is 10.1. The molecule has 0 unspecified atom stereocenters. The standard InChI is InChI=1S/C13H21N7O2/c1-18-10-9(11(21)17-13(18)22)20(8-5-15-14)12(16-10)19-6-3-2-4-7-19/h15H,2-8,14H2,1H3,(H,17,21,22). The Labute approximate surface area is 126 Å². The van der Waals surface area contributed by atoms with Gasteiger partial charge in [0.1, 0.15) is 0 Å². The first-order chi connectivity index (χ1) is 10.6. The van der Waals surface area contributed by atoms with E-state index in [-0.39, 0.29) is 0 Å². The second kappa shape index (κ2) is 5.93. The van der Waals surface area contributed by atoms with E-state index in [2.05, 4.69) is 20.3 Å². The summed E-state index contributed by atoms with van der Waals surface area (Å²) in [5.74, 6) is 6.10. The predicted molar refractivity (Wildman–Crippen MR) is 83.8 cm³/mol. The number of anilines is 1. The molecule has 4 N–H and O–H groups in total. The zero-order valence-electron chi connectivity index (χ0n) is 12.6. The van der Waals surface area contributed by atoms with E-state index in [0.29, 0.717) is 24.3 Å². The van der Waals surface area contributed by atoms with Gasteiger partial charge in [0.05, 0.1) is 0 Å². The van der Waals surface area contributed by atoms with E-state index < -0.39 is 11.2 Å². The number of rotatable bonds is 4. The van der Waals surface area contributed by atoms with Crippen molar-refractivity contribution in [1.29, 1.82) is 0 Å². The first-order valence-electron chi connectivity index (χ1n) is 7.51. The number of nitrogens with two attached hydrogens (primary N) is 1. The van der Waals surface area contributed by atoms with Crippen molar-refractivity contribution in [2.75, 3.05) is 24.5 Å². The molecular weight excluding hydrogens is 286 g/mol. The first kappa shape index (κ1) is 14.8. The van der Waals surface area contributed by atoms with E-state index in [0.717, 1.165) is 31.9 Å². The third-order valence-electron chi connectivity index (χ3n) is 4.11. The maximum atomic E-state index is 12.2. The monoisotopic (exact) mass is 307 g/mol. The molecule has 22 heavy (non-hydrogen) atoms. The molecule has 1 aliphatic rings. The fraction of sp³-hybridized carbons (Fsp3) is 0.615. The summed E-state index contributed by atoms with van der Waals surface area (Å²) in [6.07, 6.45) is 3.42. The van der Waals surface area contributed by atoms with Crippen molar-refractivity contribution in [2.45, 2.75) is 25.8 Å². The SMILES string of the molecule is Cn1c(=O)[nH]c(=O)c2c1nc(N1CCCCC1)n2CCNN. The number of imidazole rings is 1. The molecule has 0 aliphatic carbocycles. The van der Waals surface area contributed by atoms with Crippen molar-refractivity contribution in [2.24, 2.45) is 12.9 Å². The number of aromatic nitrogens is 4. The Morgan fingerprint density at radius 1 is 1.27 bits per heavy atom. The minimum Gasteiger partial charge on any atom is -0.342 e. The lowest BCUT2D eigenvalue weighted by Crippen LogP contribution is -2.34. The average Bonchev–Trinajstić information content (AvgIpc) is 2.91. The van der Waals surface area contributed by atoms with E-state index >= 15 is 0 Å². The normalized spacial score (nSPS) is 15.6. The van der Waals surface area contributed by atoms with Crippen molar-refractivity contribution < 1.29 is 0 Å². The molecule has 0 saturated carbocycles. The first-order valence-corrected chi connectivity index (χ1v) is 7.51. The molecule has 2 aromatic heterocycles. The number of hydrazine groups is 1. The van der Waals surface area contributed by atoms with Gasteiger partial charge < -0.3 is 9.47 Å². The van der Waals surface area contributed by atoms with Crippen LogP contribution in [-0.4, -0.2) is 38.7 Å². The topological polar surface area (TPSA) is 114 Å². The fourth-order valence-corrected chi connectivity index (χ4v) is 2.95. The third kappa shape index (κ3) is 2.42. The van der Waals surface area contributed by atoms with Crippen LogP contribution in [0.4, 0.5) is 5.95 Å². The lowest BCUT2D eigenvalue weighted by Gasteiger charge is -2.28. The predicted octanol–water partition coefficient (Wildman–Crippen LogP) is -1.12. The third-order valence-corrected chi connectivity index (χ3v) is 4.11. The smallest absolute Gasteiger partial charge is 0.329 e. The maximum Gasteiger partial charge on any atom is 0.329 e. The minimum atomic E-state index is -0.454. The van der Waals surface area contributed by atoms with E-state index in [1.54, 1.807) is 7.05 Å². The summed E-state index contributed by atoms with van der Waals surface area (Å²) in [7, 11) is 1.61. The van der Waals surface area contributed by atoms with Gasteiger partial charge in [-0.05, 0) is 19.3 Å². The number of aryl methyl sites for hydroxylation is 1. The van der Waals surface area contributed by atoms with Crippen LogP contribution < -0.4 is 27.4 Å². The molecule has 0 aromatic carbocycles. The van der Waals surface area contributed by atoms with Gasteiger partial charge in [-0.15, -0.1) is 0 Å². The Bertz CT molecular complexity index is 782. The molecule has 0 amide bonds. The summed E-state index contributed by atoms with van der Waals surface area (Å²) < 4.78 is 3.22. The van der Waals surface area contributed by atoms with Crippen molar-refractivity contribution in [1.82, 2.24) is 24.5 Å². The molecule has 0 atom stereocenters. The van der Waals surface area contributed by atoms with Crippen molar-refractivity contribution in [3.05, 3.63) is 20.8 Å². The van der Waals surface area contributed by atoms with Crippen molar-refractivity contribution in [3.63, 3.8) is 0 Å². The van der Waals surface area contributed by atoms with Crippen LogP contribution in [0.5, 0.6) is 0 Å². The highest BCUT2D eigenvalue weighted by molar-refractivity contribution is 5.74. The molecule has 0 radical (unpaired) electrons. The van der Waals surface area contributed by atoms with Crippen molar-refractivity contribution in [3.8, 4) is 0 Å². The van der Waals surface area contributed by atoms with Crippen molar-refractivity contribution >= 4 is 17.1 Å². The van der Waals surface area contributed by atoms with E-state index in [9.17, 15) is 9.59 Å². The minimum absolute atomic E-state index is 0.409. The molecule has 0 bridgehead atoms. The summed E-state index contributed by atoms with van der Waals surface area (Å²) in [6, 6.07) is 0. The van der Waals surface area contributed by atoms with Crippen LogP contribution in [0.2, 0.25) is 0 Å². The van der Waals surface area contributed by atoms with Crippen LogP contribution >= 0.6 is 0 Å². The van der Waals surface area contributed by atoms with Gasteiger partial charge in [-0.25, -0.2) is 4.79 Å². The molecule has 1 fully saturated rings. The zero-order chi connectivity index (χ0) is 15.7. The number of H-pyrrole nitrogens is 1. The largest absolute Gasteiger partial charge is 0.342 e. The Balaban J connectivity index is 2.21. The number of fused-ring (bicyclic) bond motifs is 1. The Hall–Kier alpha value is -2.13. The molecule has 3 heterocycles. The average molecular weight is 307 g/mol. The fourth-order valence-electron chi connectivity index (χ4n) is 2.95. The van der Waals surface area contributed by atoms with Gasteiger partial charge in [0.2, 0.25) is 5.95 Å². The zero-order valence-corrected chi connectivity index (χ0v) is 12.6. The summed E-state index contributed by atoms with van der Waals surface area (Å²) >= 11 is 0. The van der Waals surface area contributed by atoms with E-state index in [4.69, 9.17) is 5.84 Å². The van der Waals surface area contributed by atoms with Crippen LogP contribution in [0.1, 0.15) is 19.3 Å². The van der Waals surface area contributed by atoms with Crippen LogP contribution in [-0.2, 0) is 13.6 Å². The number of aromatic amines is 1. The van der Waals surface area contributed by atoms with Gasteiger partial charge in [0.25, 0.3) is 5.56 Å². The second-order valence-corrected chi connectivity index (χ2v) is 5.56. The second-order valence-electron chi connectivity index (χ2n) is 5.56. The quantitative estimate of drug-likeness (QED) is 0.487. The maximum absolute atomic E-state index is 12.2. The highest BCUT2D eigenvalue weighted by Crippen LogP contribution is 2.22. The molecule has 3 rings (SSSR count). The molecule has 9 nitrogen and oxygen atoms in total. The Morgan fingerprint density at radius 2 is 2.00 bits per heavy atom. The molecular formula is C13H21N7O2. The van der Waals surface area contributed by atoms with E-state index in [1.807, 2.05) is 4.57 Å². The number of nitrogens with zero attached hydrogens (tertiary/aromatic N) is 4. The summed E-state index contributed by atoms with van der Waals surface area (Å²) in [6.45, 7) is 2.84. The van der Waals surface area contributed by atoms with Gasteiger partial charge in [-0.3, -0.25) is 25.6 Å². The van der Waals surface area contributed by atoms with Gasteiger partial charge >= 0.3 is 5.69 Å².